The average Bonchev–Trinajstić information content (AvgIpc) is 3.21. The van der Waals surface area contributed by atoms with Crippen LogP contribution < -0.4 is 10.2 Å². The first kappa shape index (κ1) is 22.2. The number of thioether (sulfide) groups is 1. The van der Waals surface area contributed by atoms with E-state index in [9.17, 15) is 9.59 Å². The van der Waals surface area contributed by atoms with E-state index in [1.807, 2.05) is 84.6 Å². The lowest BCUT2D eigenvalue weighted by Crippen LogP contribution is -2.28. The molecule has 2 amide bonds. The number of anilines is 2. The quantitative estimate of drug-likeness (QED) is 0.475. The maximum atomic E-state index is 13.0. The number of amides is 2. The Hall–Kier alpha value is -3.05. The lowest BCUT2D eigenvalue weighted by molar-refractivity contribution is -0.118. The predicted molar refractivity (Wildman–Crippen MR) is 133 cm³/mol. The molecule has 4 nitrogen and oxygen atoms in total. The zero-order valence-corrected chi connectivity index (χ0v) is 19.3. The first-order chi connectivity index (χ1) is 15.6. The fraction of sp³-hybridized carbons (Fsp3) is 0.259. The molecule has 1 fully saturated rings. The number of nitrogens with one attached hydrogen (secondary N) is 1. The Morgan fingerprint density at radius 2 is 1.78 bits per heavy atom. The summed E-state index contributed by atoms with van der Waals surface area (Å²) in [6.45, 7) is 4.13. The van der Waals surface area contributed by atoms with Crippen molar-refractivity contribution in [3.8, 4) is 0 Å². The van der Waals surface area contributed by atoms with Gasteiger partial charge in [-0.25, -0.2) is 0 Å². The van der Waals surface area contributed by atoms with Gasteiger partial charge in [-0.1, -0.05) is 74.5 Å². The first-order valence-electron chi connectivity index (χ1n) is 11.1. The van der Waals surface area contributed by atoms with E-state index < -0.39 is 0 Å². The number of benzene rings is 3. The fourth-order valence-corrected chi connectivity index (χ4v) is 5.39. The van der Waals surface area contributed by atoms with E-state index in [1.165, 1.54) is 0 Å². The van der Waals surface area contributed by atoms with Gasteiger partial charge in [-0.2, -0.15) is 0 Å². The summed E-state index contributed by atoms with van der Waals surface area (Å²) < 4.78 is 0. The highest BCUT2D eigenvalue weighted by atomic mass is 32.2. The van der Waals surface area contributed by atoms with Crippen molar-refractivity contribution in [3.05, 3.63) is 95.6 Å². The molecule has 3 aromatic rings. The van der Waals surface area contributed by atoms with Gasteiger partial charge < -0.3 is 5.32 Å². The number of hydrogen-bond acceptors (Lipinski definition) is 3. The van der Waals surface area contributed by atoms with E-state index in [1.54, 1.807) is 11.8 Å². The van der Waals surface area contributed by atoms with Gasteiger partial charge in [0, 0.05) is 11.4 Å². The van der Waals surface area contributed by atoms with E-state index in [0.29, 0.717) is 5.75 Å². The molecule has 1 aliphatic rings. The second-order valence-corrected chi connectivity index (χ2v) is 8.96. The van der Waals surface area contributed by atoms with Crippen molar-refractivity contribution < 1.29 is 9.59 Å². The summed E-state index contributed by atoms with van der Waals surface area (Å²) in [5.74, 6) is 0.352. The zero-order chi connectivity index (χ0) is 22.5. The summed E-state index contributed by atoms with van der Waals surface area (Å²) in [5.41, 5.74) is 4.91. The molecule has 4 rings (SSSR count). The molecule has 32 heavy (non-hydrogen) atoms. The largest absolute Gasteiger partial charge is 0.326 e. The van der Waals surface area contributed by atoms with E-state index in [-0.39, 0.29) is 23.1 Å². The minimum atomic E-state index is -0.199. The third-order valence-corrected chi connectivity index (χ3v) is 7.08. The molecule has 1 saturated heterocycles. The minimum Gasteiger partial charge on any atom is -0.326 e. The molecule has 5 heteroatoms. The third kappa shape index (κ3) is 4.58. The molecule has 3 aromatic carbocycles. The van der Waals surface area contributed by atoms with Gasteiger partial charge in [-0.15, -0.1) is 11.8 Å². The SMILES string of the molecule is CCc1ccccc1N1C(=O)CS[C@@H]1c1cccc(NC(=O)[C@H](CC)c2ccccc2)c1. The number of rotatable bonds is 7. The second kappa shape index (κ2) is 10.0. The molecular formula is C27H28N2O2S. The molecule has 0 aromatic heterocycles. The van der Waals surface area contributed by atoms with Gasteiger partial charge in [-0.05, 0) is 47.7 Å². The average molecular weight is 445 g/mol. The molecule has 1 N–H and O–H groups in total. The Balaban J connectivity index is 1.58. The first-order valence-corrected chi connectivity index (χ1v) is 12.1. The van der Waals surface area contributed by atoms with Crippen LogP contribution in [0.2, 0.25) is 0 Å². The Morgan fingerprint density at radius 1 is 1.03 bits per heavy atom. The van der Waals surface area contributed by atoms with Crippen LogP contribution in [0.15, 0.2) is 78.9 Å². The normalized spacial score (nSPS) is 16.8. The summed E-state index contributed by atoms with van der Waals surface area (Å²) >= 11 is 1.62. The third-order valence-electron chi connectivity index (χ3n) is 5.87. The highest BCUT2D eigenvalue weighted by Crippen LogP contribution is 2.43. The number of aryl methyl sites for hydroxylation is 1. The minimum absolute atomic E-state index is 0.0146. The van der Waals surface area contributed by atoms with Crippen LogP contribution in [0.4, 0.5) is 11.4 Å². The topological polar surface area (TPSA) is 49.4 Å². The van der Waals surface area contributed by atoms with E-state index >= 15 is 0 Å². The Bertz CT molecular complexity index is 1100. The van der Waals surface area contributed by atoms with Crippen molar-refractivity contribution in [2.24, 2.45) is 0 Å². The second-order valence-electron chi connectivity index (χ2n) is 7.90. The Kier molecular flexibility index (Phi) is 6.96. The van der Waals surface area contributed by atoms with Crippen molar-refractivity contribution in [2.45, 2.75) is 38.0 Å². The maximum Gasteiger partial charge on any atom is 0.238 e. The Morgan fingerprint density at radius 3 is 2.53 bits per heavy atom. The molecule has 1 aliphatic heterocycles. The highest BCUT2D eigenvalue weighted by molar-refractivity contribution is 8.00. The lowest BCUT2D eigenvalue weighted by atomic mass is 9.95. The molecular weight excluding hydrogens is 416 g/mol. The van der Waals surface area contributed by atoms with E-state index in [2.05, 4.69) is 18.3 Å². The molecule has 0 spiro atoms. The van der Waals surface area contributed by atoms with Crippen LogP contribution in [0.5, 0.6) is 0 Å². The lowest BCUT2D eigenvalue weighted by Gasteiger charge is -2.27. The molecule has 0 bridgehead atoms. The number of hydrogen-bond donors (Lipinski definition) is 1. The summed E-state index contributed by atoms with van der Waals surface area (Å²) in [4.78, 5) is 27.7. The molecule has 2 atom stereocenters. The van der Waals surface area contributed by atoms with Gasteiger partial charge in [0.05, 0.1) is 11.7 Å². The number of para-hydroxylation sites is 1. The van der Waals surface area contributed by atoms with Crippen molar-refractivity contribution in [3.63, 3.8) is 0 Å². The maximum absolute atomic E-state index is 13.0. The van der Waals surface area contributed by atoms with Crippen LogP contribution in [0.1, 0.15) is 48.3 Å². The standard InChI is InChI=1S/C27H28N2O2S/c1-3-19-11-8-9-16-24(19)29-25(30)18-32-27(29)21-14-10-15-22(17-21)28-26(31)23(4-2)20-12-6-5-7-13-20/h5-17,23,27H,3-4,18H2,1-2H3,(H,28,31)/t23-,27-/m1/s1. The van der Waals surface area contributed by atoms with Gasteiger partial charge in [0.2, 0.25) is 11.8 Å². The fourth-order valence-electron chi connectivity index (χ4n) is 4.23. The molecule has 0 saturated carbocycles. The smallest absolute Gasteiger partial charge is 0.238 e. The van der Waals surface area contributed by atoms with Crippen LogP contribution in [-0.4, -0.2) is 17.6 Å². The molecule has 0 aliphatic carbocycles. The van der Waals surface area contributed by atoms with Crippen molar-refractivity contribution in [2.75, 3.05) is 16.0 Å². The van der Waals surface area contributed by atoms with Crippen molar-refractivity contribution in [1.29, 1.82) is 0 Å². The van der Waals surface area contributed by atoms with Crippen LogP contribution in [-0.2, 0) is 16.0 Å². The molecule has 0 radical (unpaired) electrons. The van der Waals surface area contributed by atoms with Gasteiger partial charge in [0.15, 0.2) is 0 Å². The van der Waals surface area contributed by atoms with Gasteiger partial charge in [0.25, 0.3) is 0 Å². The summed E-state index contributed by atoms with van der Waals surface area (Å²) in [5, 5.41) is 2.98. The summed E-state index contributed by atoms with van der Waals surface area (Å²) in [6, 6.07) is 25.8. The van der Waals surface area contributed by atoms with E-state index in [4.69, 9.17) is 0 Å². The Labute approximate surface area is 194 Å². The van der Waals surface area contributed by atoms with Gasteiger partial charge in [-0.3, -0.25) is 14.5 Å². The van der Waals surface area contributed by atoms with Crippen molar-refractivity contribution in [1.82, 2.24) is 0 Å². The molecule has 0 unspecified atom stereocenters. The van der Waals surface area contributed by atoms with Crippen LogP contribution in [0.3, 0.4) is 0 Å². The van der Waals surface area contributed by atoms with Crippen LogP contribution in [0.25, 0.3) is 0 Å². The molecule has 1 heterocycles. The summed E-state index contributed by atoms with van der Waals surface area (Å²) in [7, 11) is 0. The monoisotopic (exact) mass is 444 g/mol. The highest BCUT2D eigenvalue weighted by Gasteiger charge is 2.35. The summed E-state index contributed by atoms with van der Waals surface area (Å²) in [6.07, 6.45) is 1.59. The number of nitrogens with zero attached hydrogens (tertiary/aromatic N) is 1. The van der Waals surface area contributed by atoms with E-state index in [0.717, 1.165) is 40.9 Å². The zero-order valence-electron chi connectivity index (χ0n) is 18.5. The number of carbonyl (C=O) groups excluding carboxylic acids is 2. The predicted octanol–water partition coefficient (Wildman–Crippen LogP) is 6.16. The van der Waals surface area contributed by atoms with Gasteiger partial charge in [0.1, 0.15) is 5.37 Å². The van der Waals surface area contributed by atoms with Gasteiger partial charge >= 0.3 is 0 Å². The van der Waals surface area contributed by atoms with Crippen molar-refractivity contribution >= 4 is 35.0 Å². The molecule has 164 valence electrons. The van der Waals surface area contributed by atoms with Crippen LogP contribution in [0, 0.1) is 0 Å². The van der Waals surface area contributed by atoms with Crippen LogP contribution >= 0.6 is 11.8 Å². The number of carbonyl (C=O) groups is 2.